The van der Waals surface area contributed by atoms with E-state index in [1.807, 2.05) is 0 Å². The van der Waals surface area contributed by atoms with Gasteiger partial charge < -0.3 is 0 Å². The van der Waals surface area contributed by atoms with Crippen LogP contribution in [0, 0.1) is 0 Å². The Hall–Kier alpha value is 1.40. The third-order valence-corrected chi connectivity index (χ3v) is 3.42. The fraction of sp³-hybridized carbons (Fsp3) is 0.500. The summed E-state index contributed by atoms with van der Waals surface area (Å²) in [6.45, 7) is 4.15. The fourth-order valence-electron chi connectivity index (χ4n) is 0.327. The minimum Gasteiger partial charge on any atom is -0.0916 e. The van der Waals surface area contributed by atoms with Crippen LogP contribution in [0.2, 0.25) is 0 Å². The van der Waals surface area contributed by atoms with Gasteiger partial charge in [0.1, 0.15) is 0 Å². The average Bonchev–Trinajstić information content (AvgIpc) is 1.21. The van der Waals surface area contributed by atoms with Crippen LogP contribution in [0.3, 0.4) is 0 Å². The molecule has 0 heterocycles. The molecule has 0 bridgehead atoms. The van der Waals surface area contributed by atoms with Crippen molar-refractivity contribution >= 4 is 49.8 Å². The van der Waals surface area contributed by atoms with Crippen LogP contribution < -0.4 is 0 Å². The Kier molecular flexibility index (Phi) is 4.15. The first-order valence-electron chi connectivity index (χ1n) is 2.14. The Morgan fingerprint density at radius 2 is 1.62 bits per heavy atom. The Labute approximate surface area is 74.5 Å². The van der Waals surface area contributed by atoms with E-state index in [0.29, 0.717) is 0 Å². The molecule has 0 fully saturated rings. The summed E-state index contributed by atoms with van der Waals surface area (Å²) in [6, 6.07) is 0. The molecule has 0 aromatic rings. The fourth-order valence-corrected chi connectivity index (χ4v) is 5.10. The van der Waals surface area contributed by atoms with Crippen molar-refractivity contribution in [3.05, 3.63) is 11.3 Å². The number of allylic oxidation sites excluding steroid dienone is 1. The van der Waals surface area contributed by atoms with Gasteiger partial charge in [-0.3, -0.25) is 0 Å². The zero-order valence-electron chi connectivity index (χ0n) is 4.71. The summed E-state index contributed by atoms with van der Waals surface area (Å²) >= 11 is 10.4. The van der Waals surface area contributed by atoms with Crippen molar-refractivity contribution in [2.24, 2.45) is 0 Å². The lowest BCUT2D eigenvalue weighted by molar-refractivity contribution is 1.41. The highest BCUT2D eigenvalue weighted by atomic mass is 80.0. The monoisotopic (exact) mass is 320 g/mol. The average molecular weight is 323 g/mol. The largest absolute Gasteiger partial charge is 0.290 e. The van der Waals surface area contributed by atoms with E-state index in [4.69, 9.17) is 0 Å². The van der Waals surface area contributed by atoms with E-state index in [1.54, 1.807) is 0 Å². The van der Waals surface area contributed by atoms with Crippen LogP contribution >= 0.6 is 45.9 Å². The molecule has 0 aliphatic carbocycles. The van der Waals surface area contributed by atoms with E-state index in [-0.39, 0.29) is 0 Å². The first-order chi connectivity index (χ1) is 3.42. The summed E-state index contributed by atoms with van der Waals surface area (Å²) in [5, 5.41) is 0. The number of hydrogen-bond donors (Lipinski definition) is 0. The molecule has 0 unspecified atom stereocenters. The first kappa shape index (κ1) is 9.40. The van der Waals surface area contributed by atoms with Crippen LogP contribution in [0.25, 0.3) is 0 Å². The zero-order valence-corrected chi connectivity index (χ0v) is 10.5. The van der Waals surface area contributed by atoms with Gasteiger partial charge in [0.2, 0.25) is 0 Å². The minimum atomic E-state index is -1.44. The summed E-state index contributed by atoms with van der Waals surface area (Å²) in [5.41, 5.74) is 3.48. The lowest BCUT2D eigenvalue weighted by atomic mass is 10.4. The molecule has 0 spiro atoms. The van der Waals surface area contributed by atoms with Crippen molar-refractivity contribution in [3.8, 4) is 0 Å². The molecule has 0 amide bonds. The lowest BCUT2D eigenvalue weighted by Crippen LogP contribution is -2.00. The molecule has 0 N–H and O–H groups in total. The van der Waals surface area contributed by atoms with E-state index in [0.717, 1.165) is 0 Å². The van der Waals surface area contributed by atoms with Crippen molar-refractivity contribution in [2.75, 3.05) is 0 Å². The summed E-state index contributed by atoms with van der Waals surface area (Å²) < 4.78 is -1.44. The maximum absolute atomic E-state index is 3.47. The highest BCUT2D eigenvalue weighted by Gasteiger charge is 2.16. The zero-order chi connectivity index (χ0) is 6.78. The smallest absolute Gasteiger partial charge is 0.0916 e. The van der Waals surface area contributed by atoms with Gasteiger partial charge in [-0.05, 0) is 13.8 Å². The van der Waals surface area contributed by atoms with E-state index >= 15 is 0 Å². The second-order valence-corrected chi connectivity index (χ2v) is 24.0. The quantitative estimate of drug-likeness (QED) is 0.511. The van der Waals surface area contributed by atoms with Crippen molar-refractivity contribution in [3.63, 3.8) is 0 Å². The first-order valence-corrected chi connectivity index (χ1v) is 11.0. The van der Waals surface area contributed by atoms with Gasteiger partial charge in [0.25, 0.3) is 3.93 Å². The van der Waals surface area contributed by atoms with Crippen molar-refractivity contribution < 1.29 is 0 Å². The molecule has 0 aromatic carbocycles. The molecule has 0 radical (unpaired) electrons. The number of halogens is 3. The summed E-state index contributed by atoms with van der Waals surface area (Å²) in [4.78, 5) is 0. The third kappa shape index (κ3) is 7.40. The molecule has 8 heavy (non-hydrogen) atoms. The lowest BCUT2D eigenvalue weighted by Gasteiger charge is -2.00. The Morgan fingerprint density at radius 3 is 1.62 bits per heavy atom. The van der Waals surface area contributed by atoms with Crippen molar-refractivity contribution in [1.82, 2.24) is 0 Å². The predicted octanol–water partition coefficient (Wildman–Crippen LogP) is 3.62. The predicted molar refractivity (Wildman–Crippen MR) is 52.0 cm³/mol. The SMILES string of the molecule is CC(C)=C[Si](Br)(Br)Br. The summed E-state index contributed by atoms with van der Waals surface area (Å²) in [5.74, 6) is 0. The summed E-state index contributed by atoms with van der Waals surface area (Å²) in [6.07, 6.45) is 0. The van der Waals surface area contributed by atoms with E-state index < -0.39 is 3.93 Å². The molecular weight excluding hydrogens is 316 g/mol. The highest BCUT2D eigenvalue weighted by Crippen LogP contribution is 2.29. The Bertz CT molecular complexity index is 98.3. The molecule has 0 aliphatic rings. The number of rotatable bonds is 1. The second kappa shape index (κ2) is 3.54. The standard InChI is InChI=1S/C4H7Br3Si/c1-4(2)3-8(5,6)7/h3H,1-2H3. The van der Waals surface area contributed by atoms with Crippen LogP contribution in [0.1, 0.15) is 13.8 Å². The Morgan fingerprint density at radius 1 is 1.25 bits per heavy atom. The molecule has 48 valence electrons. The van der Waals surface area contributed by atoms with Gasteiger partial charge >= 0.3 is 0 Å². The molecule has 0 rings (SSSR count). The highest BCUT2D eigenvalue weighted by molar-refractivity contribution is 9.72. The van der Waals surface area contributed by atoms with Gasteiger partial charge in [-0.15, -0.1) is 0 Å². The van der Waals surface area contributed by atoms with Crippen molar-refractivity contribution in [1.29, 1.82) is 0 Å². The molecule has 4 heteroatoms. The molecule has 0 aromatic heterocycles. The van der Waals surface area contributed by atoms with Crippen LogP contribution in [-0.4, -0.2) is 3.93 Å². The molecule has 0 saturated heterocycles. The van der Waals surface area contributed by atoms with Crippen LogP contribution in [0.5, 0.6) is 0 Å². The summed E-state index contributed by atoms with van der Waals surface area (Å²) in [7, 11) is 0. The van der Waals surface area contributed by atoms with E-state index in [9.17, 15) is 0 Å². The number of hydrogen-bond acceptors (Lipinski definition) is 0. The normalized spacial score (nSPS) is 11.1. The van der Waals surface area contributed by atoms with Gasteiger partial charge in [0.15, 0.2) is 0 Å². The maximum atomic E-state index is 3.47. The van der Waals surface area contributed by atoms with Gasteiger partial charge in [0.05, 0.1) is 0 Å². The van der Waals surface area contributed by atoms with Gasteiger partial charge in [-0.25, -0.2) is 0 Å². The molecule has 0 aliphatic heterocycles. The molecule has 0 nitrogen and oxygen atoms in total. The van der Waals surface area contributed by atoms with Crippen molar-refractivity contribution in [2.45, 2.75) is 13.8 Å². The van der Waals surface area contributed by atoms with Gasteiger partial charge in [-0.2, -0.15) is 0 Å². The van der Waals surface area contributed by atoms with Gasteiger partial charge in [-0.1, -0.05) is 57.1 Å². The third-order valence-electron chi connectivity index (χ3n) is 0.452. The maximum Gasteiger partial charge on any atom is 0.290 e. The Balaban J connectivity index is 3.89. The van der Waals surface area contributed by atoms with Crippen LogP contribution in [-0.2, 0) is 0 Å². The second-order valence-electron chi connectivity index (χ2n) is 1.76. The van der Waals surface area contributed by atoms with Crippen LogP contribution in [0.15, 0.2) is 11.3 Å². The minimum absolute atomic E-state index is 1.32. The molecule has 0 atom stereocenters. The van der Waals surface area contributed by atoms with E-state index in [1.165, 1.54) is 5.57 Å². The van der Waals surface area contributed by atoms with Gasteiger partial charge in [0, 0.05) is 0 Å². The molecular formula is C4H7Br3Si. The van der Waals surface area contributed by atoms with E-state index in [2.05, 4.69) is 65.4 Å². The van der Waals surface area contributed by atoms with Crippen LogP contribution in [0.4, 0.5) is 0 Å². The topological polar surface area (TPSA) is 0 Å². The molecule has 0 saturated carbocycles.